The normalized spacial score (nSPS) is 19.5. The fourth-order valence-corrected chi connectivity index (χ4v) is 1.60. The Kier molecular flexibility index (Phi) is 2.53. The van der Waals surface area contributed by atoms with Gasteiger partial charge in [0.05, 0.1) is 13.5 Å². The highest BCUT2D eigenvalue weighted by Gasteiger charge is 2.43. The maximum atomic E-state index is 10.9. The molecule has 0 amide bonds. The monoisotopic (exact) mass is 156 g/mol. The molecule has 1 saturated carbocycles. The number of carbonyl (C=O) groups excluding carboxylic acids is 1. The average Bonchev–Trinajstić information content (AvgIpc) is 2.70. The molecular formula is C9H16O2. The Morgan fingerprint density at radius 1 is 1.55 bits per heavy atom. The Bertz CT molecular complexity index is 148. The van der Waals surface area contributed by atoms with E-state index in [2.05, 4.69) is 11.7 Å². The van der Waals surface area contributed by atoms with Crippen LogP contribution in [0.25, 0.3) is 0 Å². The lowest BCUT2D eigenvalue weighted by atomic mass is 9.97. The van der Waals surface area contributed by atoms with Crippen LogP contribution in [0.3, 0.4) is 0 Å². The van der Waals surface area contributed by atoms with Crippen molar-refractivity contribution >= 4 is 5.97 Å². The number of hydrogen-bond acceptors (Lipinski definition) is 2. The first kappa shape index (κ1) is 8.57. The molecule has 1 aliphatic rings. The minimum Gasteiger partial charge on any atom is -0.469 e. The van der Waals surface area contributed by atoms with Gasteiger partial charge in [0.25, 0.3) is 0 Å². The SMILES string of the molecule is CCCC1(CC(=O)OC)CC1. The average molecular weight is 156 g/mol. The lowest BCUT2D eigenvalue weighted by Gasteiger charge is -2.10. The van der Waals surface area contributed by atoms with E-state index in [0.717, 1.165) is 0 Å². The zero-order chi connectivity index (χ0) is 8.32. The van der Waals surface area contributed by atoms with Gasteiger partial charge in [-0.05, 0) is 24.7 Å². The molecule has 0 aromatic carbocycles. The number of carbonyl (C=O) groups is 1. The van der Waals surface area contributed by atoms with Gasteiger partial charge in [0, 0.05) is 0 Å². The van der Waals surface area contributed by atoms with E-state index in [-0.39, 0.29) is 5.97 Å². The fraction of sp³-hybridized carbons (Fsp3) is 0.889. The van der Waals surface area contributed by atoms with Crippen molar-refractivity contribution in [3.8, 4) is 0 Å². The van der Waals surface area contributed by atoms with E-state index in [1.807, 2.05) is 0 Å². The van der Waals surface area contributed by atoms with Crippen LogP contribution in [-0.2, 0) is 9.53 Å². The molecule has 1 aliphatic carbocycles. The van der Waals surface area contributed by atoms with Gasteiger partial charge in [0.1, 0.15) is 0 Å². The van der Waals surface area contributed by atoms with Crippen LogP contribution in [0.2, 0.25) is 0 Å². The highest BCUT2D eigenvalue weighted by atomic mass is 16.5. The van der Waals surface area contributed by atoms with Gasteiger partial charge >= 0.3 is 5.97 Å². The summed E-state index contributed by atoms with van der Waals surface area (Å²) in [4.78, 5) is 10.9. The van der Waals surface area contributed by atoms with E-state index in [4.69, 9.17) is 0 Å². The lowest BCUT2D eigenvalue weighted by Crippen LogP contribution is -2.10. The Morgan fingerprint density at radius 3 is 2.55 bits per heavy atom. The molecule has 0 heterocycles. The molecule has 2 nitrogen and oxygen atoms in total. The van der Waals surface area contributed by atoms with E-state index < -0.39 is 0 Å². The summed E-state index contributed by atoms with van der Waals surface area (Å²) in [6.07, 6.45) is 5.43. The molecule has 0 radical (unpaired) electrons. The molecule has 0 unspecified atom stereocenters. The zero-order valence-electron chi connectivity index (χ0n) is 7.35. The van der Waals surface area contributed by atoms with Gasteiger partial charge in [-0.15, -0.1) is 0 Å². The quantitative estimate of drug-likeness (QED) is 0.583. The van der Waals surface area contributed by atoms with Crippen LogP contribution in [0.15, 0.2) is 0 Å². The largest absolute Gasteiger partial charge is 0.469 e. The maximum absolute atomic E-state index is 10.9. The van der Waals surface area contributed by atoms with E-state index in [0.29, 0.717) is 11.8 Å². The third kappa shape index (κ3) is 2.21. The summed E-state index contributed by atoms with van der Waals surface area (Å²) in [6.45, 7) is 2.16. The summed E-state index contributed by atoms with van der Waals surface area (Å²) in [7, 11) is 1.46. The van der Waals surface area contributed by atoms with Crippen molar-refractivity contribution in [1.82, 2.24) is 0 Å². The molecule has 0 N–H and O–H groups in total. The van der Waals surface area contributed by atoms with Crippen LogP contribution in [0.5, 0.6) is 0 Å². The number of esters is 1. The van der Waals surface area contributed by atoms with Crippen molar-refractivity contribution in [2.24, 2.45) is 5.41 Å². The highest BCUT2D eigenvalue weighted by molar-refractivity contribution is 5.70. The van der Waals surface area contributed by atoms with Crippen molar-refractivity contribution < 1.29 is 9.53 Å². The number of ether oxygens (including phenoxy) is 1. The Balaban J connectivity index is 2.29. The molecule has 0 aromatic rings. The molecule has 0 aliphatic heterocycles. The zero-order valence-corrected chi connectivity index (χ0v) is 7.35. The van der Waals surface area contributed by atoms with E-state index in [1.54, 1.807) is 0 Å². The number of methoxy groups -OCH3 is 1. The molecule has 0 aromatic heterocycles. The molecule has 0 spiro atoms. The van der Waals surface area contributed by atoms with Crippen LogP contribution in [0.1, 0.15) is 39.0 Å². The second-order valence-corrected chi connectivity index (χ2v) is 3.50. The van der Waals surface area contributed by atoms with Crippen LogP contribution in [0.4, 0.5) is 0 Å². The van der Waals surface area contributed by atoms with E-state index in [1.165, 1.54) is 32.8 Å². The third-order valence-electron chi connectivity index (χ3n) is 2.48. The van der Waals surface area contributed by atoms with Crippen molar-refractivity contribution in [2.75, 3.05) is 7.11 Å². The van der Waals surface area contributed by atoms with Gasteiger partial charge in [-0.3, -0.25) is 4.79 Å². The minimum absolute atomic E-state index is 0.0454. The standard InChI is InChI=1S/C9H16O2/c1-3-4-9(5-6-9)7-8(10)11-2/h3-7H2,1-2H3. The molecular weight excluding hydrogens is 140 g/mol. The highest BCUT2D eigenvalue weighted by Crippen LogP contribution is 2.52. The van der Waals surface area contributed by atoms with Gasteiger partial charge in [0.2, 0.25) is 0 Å². The van der Waals surface area contributed by atoms with Gasteiger partial charge in [0.15, 0.2) is 0 Å². The second kappa shape index (κ2) is 3.24. The molecule has 64 valence electrons. The van der Waals surface area contributed by atoms with Crippen LogP contribution in [-0.4, -0.2) is 13.1 Å². The number of rotatable bonds is 4. The van der Waals surface area contributed by atoms with Crippen molar-refractivity contribution in [1.29, 1.82) is 0 Å². The van der Waals surface area contributed by atoms with Crippen LogP contribution >= 0.6 is 0 Å². The first-order valence-corrected chi connectivity index (χ1v) is 4.29. The summed E-state index contributed by atoms with van der Waals surface area (Å²) in [6, 6.07) is 0. The van der Waals surface area contributed by atoms with Crippen molar-refractivity contribution in [3.63, 3.8) is 0 Å². The molecule has 1 fully saturated rings. The Labute approximate surface area is 67.9 Å². The minimum atomic E-state index is -0.0454. The predicted molar refractivity (Wildman–Crippen MR) is 43.2 cm³/mol. The Hall–Kier alpha value is -0.530. The first-order valence-electron chi connectivity index (χ1n) is 4.29. The number of hydrogen-bond donors (Lipinski definition) is 0. The van der Waals surface area contributed by atoms with E-state index >= 15 is 0 Å². The van der Waals surface area contributed by atoms with Gasteiger partial charge in [-0.1, -0.05) is 13.3 Å². The molecule has 1 rings (SSSR count). The second-order valence-electron chi connectivity index (χ2n) is 3.50. The summed E-state index contributed by atoms with van der Waals surface area (Å²) in [5, 5.41) is 0. The topological polar surface area (TPSA) is 26.3 Å². The van der Waals surface area contributed by atoms with Gasteiger partial charge in [-0.2, -0.15) is 0 Å². The molecule has 0 saturated heterocycles. The van der Waals surface area contributed by atoms with Gasteiger partial charge in [-0.25, -0.2) is 0 Å². The molecule has 11 heavy (non-hydrogen) atoms. The predicted octanol–water partition coefficient (Wildman–Crippen LogP) is 2.13. The summed E-state index contributed by atoms with van der Waals surface area (Å²) in [5.41, 5.74) is 0.349. The summed E-state index contributed by atoms with van der Waals surface area (Å²) in [5.74, 6) is -0.0454. The fourth-order valence-electron chi connectivity index (χ4n) is 1.60. The summed E-state index contributed by atoms with van der Waals surface area (Å²) < 4.78 is 4.63. The maximum Gasteiger partial charge on any atom is 0.306 e. The lowest BCUT2D eigenvalue weighted by molar-refractivity contribution is -0.142. The van der Waals surface area contributed by atoms with Gasteiger partial charge < -0.3 is 4.74 Å². The smallest absolute Gasteiger partial charge is 0.306 e. The van der Waals surface area contributed by atoms with Crippen LogP contribution in [0, 0.1) is 5.41 Å². The molecule has 0 atom stereocenters. The van der Waals surface area contributed by atoms with E-state index in [9.17, 15) is 4.79 Å². The third-order valence-corrected chi connectivity index (χ3v) is 2.48. The molecule has 0 bridgehead atoms. The first-order chi connectivity index (χ1) is 5.22. The van der Waals surface area contributed by atoms with Crippen LogP contribution < -0.4 is 0 Å². The van der Waals surface area contributed by atoms with Crippen molar-refractivity contribution in [3.05, 3.63) is 0 Å². The van der Waals surface area contributed by atoms with Crippen molar-refractivity contribution in [2.45, 2.75) is 39.0 Å². The summed E-state index contributed by atoms with van der Waals surface area (Å²) >= 11 is 0. The Morgan fingerprint density at radius 2 is 2.18 bits per heavy atom. The molecule has 2 heteroatoms.